The van der Waals surface area contributed by atoms with Crippen LogP contribution in [0.4, 0.5) is 10.1 Å². The second-order valence-corrected chi connectivity index (χ2v) is 4.88. The van der Waals surface area contributed by atoms with E-state index in [-0.39, 0.29) is 23.2 Å². The number of piperidine rings is 1. The van der Waals surface area contributed by atoms with Gasteiger partial charge in [-0.25, -0.2) is 4.39 Å². The van der Waals surface area contributed by atoms with Crippen molar-refractivity contribution in [3.8, 4) is 0 Å². The normalized spacial score (nSPS) is 15.5. The van der Waals surface area contributed by atoms with Gasteiger partial charge in [0.1, 0.15) is 5.82 Å². The van der Waals surface area contributed by atoms with Gasteiger partial charge in [0.25, 0.3) is 0 Å². The summed E-state index contributed by atoms with van der Waals surface area (Å²) in [6.45, 7) is 0.538. The van der Waals surface area contributed by atoms with Crippen LogP contribution in [0.2, 0.25) is 5.02 Å². The number of hydrogen-bond acceptors (Lipinski definition) is 2. The maximum absolute atomic E-state index is 13.5. The molecule has 4 nitrogen and oxygen atoms in total. The largest absolute Gasteiger partial charge is 0.333 e. The SMILES string of the molecule is O=C(CN1CCCCC1=O)Nc1ccc(Cl)cc1F. The van der Waals surface area contributed by atoms with Crippen molar-refractivity contribution in [3.63, 3.8) is 0 Å². The quantitative estimate of drug-likeness (QED) is 0.927. The number of anilines is 1. The zero-order valence-corrected chi connectivity index (χ0v) is 11.0. The molecule has 0 aliphatic carbocycles. The summed E-state index contributed by atoms with van der Waals surface area (Å²) in [4.78, 5) is 24.8. The molecule has 0 bridgehead atoms. The molecule has 6 heteroatoms. The minimum atomic E-state index is -0.592. The zero-order chi connectivity index (χ0) is 13.8. The number of nitrogens with one attached hydrogen (secondary N) is 1. The average Bonchev–Trinajstić information content (AvgIpc) is 2.36. The van der Waals surface area contributed by atoms with Crippen LogP contribution >= 0.6 is 11.6 Å². The Kier molecular flexibility index (Phi) is 4.37. The minimum Gasteiger partial charge on any atom is -0.333 e. The van der Waals surface area contributed by atoms with Gasteiger partial charge in [-0.2, -0.15) is 0 Å². The first kappa shape index (κ1) is 13.8. The van der Waals surface area contributed by atoms with Crippen LogP contribution in [0.5, 0.6) is 0 Å². The van der Waals surface area contributed by atoms with Crippen LogP contribution in [-0.4, -0.2) is 29.8 Å². The van der Waals surface area contributed by atoms with Crippen molar-refractivity contribution in [1.82, 2.24) is 4.90 Å². The molecule has 2 amide bonds. The number of carbonyl (C=O) groups excluding carboxylic acids is 2. The van der Waals surface area contributed by atoms with Crippen LogP contribution < -0.4 is 5.32 Å². The zero-order valence-electron chi connectivity index (χ0n) is 10.3. The molecule has 0 unspecified atom stereocenters. The first-order valence-corrected chi connectivity index (χ1v) is 6.47. The van der Waals surface area contributed by atoms with Crippen LogP contribution in [0.3, 0.4) is 0 Å². The van der Waals surface area contributed by atoms with Gasteiger partial charge in [-0.1, -0.05) is 11.6 Å². The van der Waals surface area contributed by atoms with Gasteiger partial charge in [0, 0.05) is 18.0 Å². The number of carbonyl (C=O) groups is 2. The third kappa shape index (κ3) is 3.67. The fourth-order valence-corrected chi connectivity index (χ4v) is 2.14. The highest BCUT2D eigenvalue weighted by Gasteiger charge is 2.20. The minimum absolute atomic E-state index is 0.0296. The summed E-state index contributed by atoms with van der Waals surface area (Å²) >= 11 is 5.62. The molecule has 0 radical (unpaired) electrons. The molecule has 1 heterocycles. The molecular formula is C13H14ClFN2O2. The van der Waals surface area contributed by atoms with Gasteiger partial charge in [-0.3, -0.25) is 9.59 Å². The molecule has 102 valence electrons. The van der Waals surface area contributed by atoms with E-state index in [1.54, 1.807) is 0 Å². The topological polar surface area (TPSA) is 49.4 Å². The Labute approximate surface area is 115 Å². The predicted molar refractivity (Wildman–Crippen MR) is 70.5 cm³/mol. The van der Waals surface area contributed by atoms with Crippen molar-refractivity contribution in [2.75, 3.05) is 18.4 Å². The van der Waals surface area contributed by atoms with Gasteiger partial charge >= 0.3 is 0 Å². The highest BCUT2D eigenvalue weighted by Crippen LogP contribution is 2.19. The molecule has 1 aliphatic rings. The molecule has 1 aromatic rings. The highest BCUT2D eigenvalue weighted by atomic mass is 35.5. The number of nitrogens with zero attached hydrogens (tertiary/aromatic N) is 1. The first-order chi connectivity index (χ1) is 9.06. The fourth-order valence-electron chi connectivity index (χ4n) is 1.98. The fraction of sp³-hybridized carbons (Fsp3) is 0.385. The predicted octanol–water partition coefficient (Wildman–Crippen LogP) is 2.43. The Balaban J connectivity index is 1.95. The summed E-state index contributed by atoms with van der Waals surface area (Å²) < 4.78 is 13.5. The average molecular weight is 285 g/mol. The van der Waals surface area contributed by atoms with Gasteiger partial charge < -0.3 is 10.2 Å². The summed E-state index contributed by atoms with van der Waals surface area (Å²) in [6.07, 6.45) is 2.24. The molecule has 0 aromatic heterocycles. The smallest absolute Gasteiger partial charge is 0.244 e. The van der Waals surface area contributed by atoms with Gasteiger partial charge in [0.05, 0.1) is 12.2 Å². The van der Waals surface area contributed by atoms with Crippen molar-refractivity contribution in [2.45, 2.75) is 19.3 Å². The number of benzene rings is 1. The molecule has 19 heavy (non-hydrogen) atoms. The Hall–Kier alpha value is -1.62. The van der Waals surface area contributed by atoms with E-state index in [1.807, 2.05) is 0 Å². The highest BCUT2D eigenvalue weighted by molar-refractivity contribution is 6.30. The lowest BCUT2D eigenvalue weighted by Crippen LogP contribution is -2.40. The van der Waals surface area contributed by atoms with E-state index in [9.17, 15) is 14.0 Å². The van der Waals surface area contributed by atoms with E-state index >= 15 is 0 Å². The molecule has 0 spiro atoms. The summed E-state index contributed by atoms with van der Waals surface area (Å²) in [7, 11) is 0. The Bertz CT molecular complexity index is 507. The number of likely N-dealkylation sites (tertiary alicyclic amines) is 1. The molecule has 0 atom stereocenters. The maximum atomic E-state index is 13.5. The van der Waals surface area contributed by atoms with Gasteiger partial charge in [-0.05, 0) is 31.0 Å². The Morgan fingerprint density at radius 3 is 2.89 bits per heavy atom. The molecule has 2 rings (SSSR count). The van der Waals surface area contributed by atoms with Crippen molar-refractivity contribution in [2.24, 2.45) is 0 Å². The number of amides is 2. The molecule has 1 N–H and O–H groups in total. The second kappa shape index (κ2) is 6.02. The first-order valence-electron chi connectivity index (χ1n) is 6.09. The van der Waals surface area contributed by atoms with Crippen LogP contribution in [-0.2, 0) is 9.59 Å². The van der Waals surface area contributed by atoms with E-state index in [1.165, 1.54) is 17.0 Å². The van der Waals surface area contributed by atoms with Crippen molar-refractivity contribution in [1.29, 1.82) is 0 Å². The molecule has 1 aliphatic heterocycles. The maximum Gasteiger partial charge on any atom is 0.244 e. The molecule has 1 aromatic carbocycles. The third-order valence-electron chi connectivity index (χ3n) is 2.96. The van der Waals surface area contributed by atoms with E-state index in [0.717, 1.165) is 18.9 Å². The second-order valence-electron chi connectivity index (χ2n) is 4.44. The van der Waals surface area contributed by atoms with Crippen molar-refractivity contribution >= 4 is 29.1 Å². The number of hydrogen-bond donors (Lipinski definition) is 1. The molecule has 1 saturated heterocycles. The van der Waals surface area contributed by atoms with Crippen LogP contribution in [0.25, 0.3) is 0 Å². The summed E-state index contributed by atoms with van der Waals surface area (Å²) in [5.74, 6) is -1.03. The third-order valence-corrected chi connectivity index (χ3v) is 3.20. The van der Waals surface area contributed by atoms with Gasteiger partial charge in [0.15, 0.2) is 0 Å². The Morgan fingerprint density at radius 1 is 1.42 bits per heavy atom. The molecular weight excluding hydrogens is 271 g/mol. The van der Waals surface area contributed by atoms with Crippen molar-refractivity contribution in [3.05, 3.63) is 29.0 Å². The standard InChI is InChI=1S/C13H14ClFN2O2/c14-9-4-5-11(10(15)7-9)16-12(18)8-17-6-2-1-3-13(17)19/h4-5,7H,1-3,6,8H2,(H,16,18). The lowest BCUT2D eigenvalue weighted by atomic mass is 10.1. The lowest BCUT2D eigenvalue weighted by Gasteiger charge is -2.25. The van der Waals surface area contributed by atoms with Crippen LogP contribution in [0.15, 0.2) is 18.2 Å². The molecule has 0 saturated carbocycles. The van der Waals surface area contributed by atoms with Gasteiger partial charge in [0.2, 0.25) is 11.8 Å². The molecule has 1 fully saturated rings. The van der Waals surface area contributed by atoms with Gasteiger partial charge in [-0.15, -0.1) is 0 Å². The number of halogens is 2. The summed E-state index contributed by atoms with van der Waals surface area (Å²) in [6, 6.07) is 4.02. The Morgan fingerprint density at radius 2 is 2.21 bits per heavy atom. The summed E-state index contributed by atoms with van der Waals surface area (Å²) in [5, 5.41) is 2.70. The van der Waals surface area contributed by atoms with Crippen LogP contribution in [0.1, 0.15) is 19.3 Å². The number of rotatable bonds is 3. The summed E-state index contributed by atoms with van der Waals surface area (Å²) in [5.41, 5.74) is 0.0684. The van der Waals surface area contributed by atoms with Crippen LogP contribution in [0, 0.1) is 5.82 Å². The monoisotopic (exact) mass is 284 g/mol. The van der Waals surface area contributed by atoms with Crippen molar-refractivity contribution < 1.29 is 14.0 Å². The van der Waals surface area contributed by atoms with E-state index < -0.39 is 11.7 Å². The van der Waals surface area contributed by atoms with E-state index in [0.29, 0.717) is 13.0 Å². The van der Waals surface area contributed by atoms with E-state index in [4.69, 9.17) is 11.6 Å². The van der Waals surface area contributed by atoms with E-state index in [2.05, 4.69) is 5.32 Å². The lowest BCUT2D eigenvalue weighted by molar-refractivity contribution is -0.136.